The zero-order chi connectivity index (χ0) is 22.3. The number of halogens is 2. The second-order valence-corrected chi connectivity index (χ2v) is 9.22. The van der Waals surface area contributed by atoms with Crippen molar-refractivity contribution in [2.45, 2.75) is 13.3 Å². The van der Waals surface area contributed by atoms with Gasteiger partial charge in [0.05, 0.1) is 22.0 Å². The molecule has 0 bridgehead atoms. The number of nitrogens with zero attached hydrogens (tertiary/aromatic N) is 1. The lowest BCUT2D eigenvalue weighted by atomic mass is 10.1. The van der Waals surface area contributed by atoms with Gasteiger partial charge in [0, 0.05) is 18.7 Å². The van der Waals surface area contributed by atoms with Gasteiger partial charge in [-0.3, -0.25) is 9.59 Å². The van der Waals surface area contributed by atoms with Crippen molar-refractivity contribution >= 4 is 50.7 Å². The summed E-state index contributed by atoms with van der Waals surface area (Å²) in [6.45, 7) is 2.23. The van der Waals surface area contributed by atoms with Crippen LogP contribution < -0.4 is 10.0 Å². The Morgan fingerprint density at radius 1 is 1.03 bits per heavy atom. The number of para-hydroxylation sites is 1. The van der Waals surface area contributed by atoms with Crippen molar-refractivity contribution in [2.75, 3.05) is 31.2 Å². The molecule has 0 saturated heterocycles. The van der Waals surface area contributed by atoms with E-state index in [1.165, 1.54) is 4.90 Å². The van der Waals surface area contributed by atoms with E-state index in [1.807, 2.05) is 0 Å². The van der Waals surface area contributed by atoms with E-state index >= 15 is 0 Å². The Bertz CT molecular complexity index is 991. The molecule has 0 fully saturated rings. The van der Waals surface area contributed by atoms with Crippen LogP contribution in [0.4, 0.5) is 5.69 Å². The molecule has 2 rings (SSSR count). The number of benzene rings is 2. The first-order chi connectivity index (χ1) is 14.1. The lowest BCUT2D eigenvalue weighted by Gasteiger charge is -2.21. The summed E-state index contributed by atoms with van der Waals surface area (Å²) >= 11 is 12.1. The first-order valence-corrected chi connectivity index (χ1v) is 11.8. The van der Waals surface area contributed by atoms with Gasteiger partial charge in [0.25, 0.3) is 5.91 Å². The van der Waals surface area contributed by atoms with E-state index in [0.29, 0.717) is 34.3 Å². The highest BCUT2D eigenvalue weighted by atomic mass is 35.5. The summed E-state index contributed by atoms with van der Waals surface area (Å²) in [5.74, 6) is -0.706. The minimum atomic E-state index is -3.24. The Hall–Kier alpha value is -2.13. The zero-order valence-corrected chi connectivity index (χ0v) is 18.9. The minimum absolute atomic E-state index is 0.156. The van der Waals surface area contributed by atoms with E-state index in [2.05, 4.69) is 10.0 Å². The number of likely N-dealkylation sites (N-methyl/N-ethyl adjacent to an activating group) is 1. The number of carbonyl (C=O) groups is 2. The molecule has 0 atom stereocenters. The molecule has 7 nitrogen and oxygen atoms in total. The maximum Gasteiger partial charge on any atom is 0.254 e. The SMILES string of the molecule is CCN(CC(=O)Nc1c(Cl)cccc1Cl)C(=O)c1ccc(CCNS(C)(=O)=O)cc1. The Kier molecular flexibility index (Phi) is 8.66. The van der Waals surface area contributed by atoms with E-state index in [1.54, 1.807) is 49.4 Å². The molecule has 0 unspecified atom stereocenters. The molecule has 0 saturated carbocycles. The topological polar surface area (TPSA) is 95.6 Å². The van der Waals surface area contributed by atoms with Crippen molar-refractivity contribution in [3.05, 3.63) is 63.6 Å². The standard InChI is InChI=1S/C20H23Cl2N3O4S/c1-3-25(13-18(26)24-19-16(21)5-4-6-17(19)22)20(27)15-9-7-14(8-10-15)11-12-23-30(2,28)29/h4-10,23H,3,11-13H2,1-2H3,(H,24,26). The number of amides is 2. The molecule has 10 heteroatoms. The van der Waals surface area contributed by atoms with Crippen molar-refractivity contribution in [1.82, 2.24) is 9.62 Å². The van der Waals surface area contributed by atoms with Crippen molar-refractivity contribution < 1.29 is 18.0 Å². The van der Waals surface area contributed by atoms with Crippen LogP contribution in [0.2, 0.25) is 10.0 Å². The summed E-state index contributed by atoms with van der Waals surface area (Å²) < 4.78 is 24.6. The van der Waals surface area contributed by atoms with Crippen LogP contribution in [0.3, 0.4) is 0 Å². The maximum atomic E-state index is 12.8. The number of carbonyl (C=O) groups excluding carboxylic acids is 2. The third-order valence-electron chi connectivity index (χ3n) is 4.21. The number of sulfonamides is 1. The van der Waals surface area contributed by atoms with Gasteiger partial charge < -0.3 is 10.2 Å². The average molecular weight is 472 g/mol. The van der Waals surface area contributed by atoms with Crippen LogP contribution in [0, 0.1) is 0 Å². The summed E-state index contributed by atoms with van der Waals surface area (Å²) in [7, 11) is -3.24. The average Bonchev–Trinajstić information content (AvgIpc) is 2.68. The summed E-state index contributed by atoms with van der Waals surface area (Å²) in [6, 6.07) is 11.7. The first-order valence-electron chi connectivity index (χ1n) is 9.17. The van der Waals surface area contributed by atoms with Gasteiger partial charge in [0.15, 0.2) is 0 Å². The zero-order valence-electron chi connectivity index (χ0n) is 16.6. The van der Waals surface area contributed by atoms with E-state index < -0.39 is 15.9 Å². The van der Waals surface area contributed by atoms with Crippen LogP contribution >= 0.6 is 23.2 Å². The summed E-state index contributed by atoms with van der Waals surface area (Å²) in [5.41, 5.74) is 1.62. The lowest BCUT2D eigenvalue weighted by molar-refractivity contribution is -0.116. The number of nitrogens with one attached hydrogen (secondary N) is 2. The molecule has 0 aliphatic carbocycles. The van der Waals surface area contributed by atoms with Gasteiger partial charge in [-0.2, -0.15) is 0 Å². The lowest BCUT2D eigenvalue weighted by Crippen LogP contribution is -2.38. The minimum Gasteiger partial charge on any atom is -0.330 e. The quantitative estimate of drug-likeness (QED) is 0.586. The highest BCUT2D eigenvalue weighted by molar-refractivity contribution is 7.88. The fourth-order valence-electron chi connectivity index (χ4n) is 2.67. The Morgan fingerprint density at radius 3 is 2.17 bits per heavy atom. The first kappa shape index (κ1) is 24.1. The van der Waals surface area contributed by atoms with Crippen LogP contribution in [0.1, 0.15) is 22.8 Å². The Balaban J connectivity index is 1.99. The van der Waals surface area contributed by atoms with Crippen molar-refractivity contribution in [3.8, 4) is 0 Å². The highest BCUT2D eigenvalue weighted by Gasteiger charge is 2.18. The van der Waals surface area contributed by atoms with E-state index in [0.717, 1.165) is 11.8 Å². The molecule has 30 heavy (non-hydrogen) atoms. The normalized spacial score (nSPS) is 11.2. The van der Waals surface area contributed by atoms with E-state index in [4.69, 9.17) is 23.2 Å². The molecule has 162 valence electrons. The smallest absolute Gasteiger partial charge is 0.254 e. The van der Waals surface area contributed by atoms with Crippen LogP contribution in [-0.2, 0) is 21.2 Å². The molecule has 2 N–H and O–H groups in total. The van der Waals surface area contributed by atoms with Crippen LogP contribution in [0.5, 0.6) is 0 Å². The van der Waals surface area contributed by atoms with Gasteiger partial charge in [-0.05, 0) is 43.2 Å². The summed E-state index contributed by atoms with van der Waals surface area (Å²) in [6.07, 6.45) is 1.60. The largest absolute Gasteiger partial charge is 0.330 e. The Labute approximate surface area is 186 Å². The molecular formula is C20H23Cl2N3O4S. The van der Waals surface area contributed by atoms with Crippen molar-refractivity contribution in [1.29, 1.82) is 0 Å². The maximum absolute atomic E-state index is 12.8. The molecule has 0 spiro atoms. The van der Waals surface area contributed by atoms with Crippen LogP contribution in [0.15, 0.2) is 42.5 Å². The highest BCUT2D eigenvalue weighted by Crippen LogP contribution is 2.29. The number of anilines is 1. The monoisotopic (exact) mass is 471 g/mol. The molecule has 0 heterocycles. The molecule has 2 aromatic carbocycles. The second-order valence-electron chi connectivity index (χ2n) is 6.58. The fraction of sp³-hybridized carbons (Fsp3) is 0.300. The van der Waals surface area contributed by atoms with Gasteiger partial charge in [0.1, 0.15) is 6.54 Å². The number of rotatable bonds is 9. The molecule has 0 radical (unpaired) electrons. The van der Waals surface area contributed by atoms with E-state index in [9.17, 15) is 18.0 Å². The predicted molar refractivity (Wildman–Crippen MR) is 120 cm³/mol. The molecule has 0 aromatic heterocycles. The third-order valence-corrected chi connectivity index (χ3v) is 5.57. The van der Waals surface area contributed by atoms with Gasteiger partial charge >= 0.3 is 0 Å². The predicted octanol–water partition coefficient (Wildman–Crippen LogP) is 3.19. The number of hydrogen-bond acceptors (Lipinski definition) is 4. The van der Waals surface area contributed by atoms with Crippen molar-refractivity contribution in [3.63, 3.8) is 0 Å². The Morgan fingerprint density at radius 2 is 1.63 bits per heavy atom. The number of hydrogen-bond donors (Lipinski definition) is 2. The second kappa shape index (κ2) is 10.8. The van der Waals surface area contributed by atoms with Crippen molar-refractivity contribution in [2.24, 2.45) is 0 Å². The molecule has 2 amide bonds. The third kappa shape index (κ3) is 7.28. The summed E-state index contributed by atoms with van der Waals surface area (Å²) in [5, 5.41) is 3.26. The fourth-order valence-corrected chi connectivity index (χ4v) is 3.64. The van der Waals surface area contributed by atoms with Gasteiger partial charge in [-0.1, -0.05) is 41.4 Å². The molecule has 0 aliphatic heterocycles. The van der Waals surface area contributed by atoms with Gasteiger partial charge in [0.2, 0.25) is 15.9 Å². The summed E-state index contributed by atoms with van der Waals surface area (Å²) in [4.78, 5) is 26.6. The molecule has 2 aromatic rings. The molecule has 0 aliphatic rings. The van der Waals surface area contributed by atoms with Crippen LogP contribution in [0.25, 0.3) is 0 Å². The molecular weight excluding hydrogens is 449 g/mol. The van der Waals surface area contributed by atoms with E-state index in [-0.39, 0.29) is 19.0 Å². The van der Waals surface area contributed by atoms with Gasteiger partial charge in [-0.25, -0.2) is 13.1 Å². The van der Waals surface area contributed by atoms with Gasteiger partial charge in [-0.15, -0.1) is 0 Å². The van der Waals surface area contributed by atoms with Crippen LogP contribution in [-0.4, -0.2) is 51.0 Å².